The number of aliphatic hydroxyl groups is 1. The summed E-state index contributed by atoms with van der Waals surface area (Å²) in [4.78, 5) is 0. The van der Waals surface area contributed by atoms with Crippen molar-refractivity contribution in [2.24, 2.45) is 0 Å². The van der Waals surface area contributed by atoms with E-state index >= 15 is 0 Å². The number of unbranched alkanes of at least 4 members (excludes halogenated alkanes) is 12. The van der Waals surface area contributed by atoms with Gasteiger partial charge in [-0.25, -0.2) is 8.42 Å². The summed E-state index contributed by atoms with van der Waals surface area (Å²) in [6.07, 6.45) is 19.5. The first-order chi connectivity index (χ1) is 13.4. The number of hydrogen-bond donors (Lipinski definition) is 1. The van der Waals surface area contributed by atoms with Gasteiger partial charge < -0.3 is 9.66 Å². The first-order valence-electron chi connectivity index (χ1n) is 12.0. The van der Waals surface area contributed by atoms with Crippen molar-refractivity contribution in [3.05, 3.63) is 0 Å². The molecule has 4 nitrogen and oxygen atoms in total. The van der Waals surface area contributed by atoms with E-state index in [-0.39, 0.29) is 57.5 Å². The quantitative estimate of drug-likeness (QED) is 0.162. The Morgan fingerprint density at radius 3 is 1.38 bits per heavy atom. The van der Waals surface area contributed by atoms with Crippen LogP contribution in [0.4, 0.5) is 0 Å². The minimum atomic E-state index is -4.15. The molecule has 0 aliphatic rings. The van der Waals surface area contributed by atoms with Crippen molar-refractivity contribution in [3.63, 3.8) is 0 Å². The van der Waals surface area contributed by atoms with E-state index in [2.05, 4.69) is 13.8 Å². The molecule has 0 spiro atoms. The molecule has 0 bridgehead atoms. The van der Waals surface area contributed by atoms with Gasteiger partial charge in [0.15, 0.2) is 0 Å². The van der Waals surface area contributed by atoms with Gasteiger partial charge in [-0.1, -0.05) is 110 Å². The molecule has 2 atom stereocenters. The third-order valence-corrected chi connectivity index (χ3v) is 7.01. The van der Waals surface area contributed by atoms with Crippen LogP contribution < -0.4 is 51.4 Å². The smallest absolute Gasteiger partial charge is 0.748 e. The Bertz CT molecular complexity index is 429. The van der Waals surface area contributed by atoms with Crippen LogP contribution in [-0.2, 0) is 10.1 Å². The van der Waals surface area contributed by atoms with Crippen molar-refractivity contribution in [2.45, 2.75) is 147 Å². The summed E-state index contributed by atoms with van der Waals surface area (Å²) in [6, 6.07) is 0. The fraction of sp³-hybridized carbons (Fsp3) is 1.00. The molecule has 0 rings (SSSR count). The van der Waals surface area contributed by atoms with Gasteiger partial charge in [0.05, 0.1) is 16.2 Å². The summed E-state index contributed by atoms with van der Waals surface area (Å²) in [6.45, 7) is 4.28. The van der Waals surface area contributed by atoms with Crippen molar-refractivity contribution in [2.75, 3.05) is 0 Å². The van der Waals surface area contributed by atoms with E-state index in [1.54, 1.807) is 0 Å². The van der Waals surface area contributed by atoms with E-state index in [4.69, 9.17) is 0 Å². The zero-order valence-electron chi connectivity index (χ0n) is 19.7. The minimum Gasteiger partial charge on any atom is -0.748 e. The predicted molar refractivity (Wildman–Crippen MR) is 119 cm³/mol. The molecular formula is C23H47KO4S. The molecule has 0 aromatic rings. The summed E-state index contributed by atoms with van der Waals surface area (Å²) in [5, 5.41) is 9.02. The topological polar surface area (TPSA) is 77.4 Å². The maximum Gasteiger partial charge on any atom is 1.00 e. The Hall–Kier alpha value is 1.51. The average molecular weight is 459 g/mol. The van der Waals surface area contributed by atoms with E-state index in [9.17, 15) is 18.1 Å². The molecule has 0 aliphatic carbocycles. The Labute approximate surface area is 224 Å². The molecule has 1 N–H and O–H groups in total. The van der Waals surface area contributed by atoms with Crippen molar-refractivity contribution in [3.8, 4) is 0 Å². The third kappa shape index (κ3) is 22.5. The zero-order chi connectivity index (χ0) is 21.1. The maximum absolute atomic E-state index is 11.5. The number of rotatable bonds is 21. The molecule has 0 amide bonds. The Morgan fingerprint density at radius 1 is 0.621 bits per heavy atom. The molecule has 0 aromatic carbocycles. The summed E-state index contributed by atoms with van der Waals surface area (Å²) < 4.78 is 34.4. The molecule has 2 unspecified atom stereocenters. The van der Waals surface area contributed by atoms with Gasteiger partial charge in [0, 0.05) is 5.25 Å². The van der Waals surface area contributed by atoms with E-state index in [0.717, 1.165) is 64.2 Å². The third-order valence-electron chi connectivity index (χ3n) is 5.72. The largest absolute Gasteiger partial charge is 1.00 e. The summed E-state index contributed by atoms with van der Waals surface area (Å²) in [7, 11) is -4.15. The molecule has 0 saturated carbocycles. The Balaban J connectivity index is 0. The van der Waals surface area contributed by atoms with E-state index in [0.29, 0.717) is 12.8 Å². The van der Waals surface area contributed by atoms with Crippen LogP contribution in [0.1, 0.15) is 136 Å². The van der Waals surface area contributed by atoms with Gasteiger partial charge in [0.1, 0.15) is 0 Å². The van der Waals surface area contributed by atoms with Gasteiger partial charge in [0.25, 0.3) is 0 Å². The first kappa shape index (κ1) is 32.7. The normalized spacial score (nSPS) is 13.8. The van der Waals surface area contributed by atoms with Crippen LogP contribution in [0.25, 0.3) is 0 Å². The van der Waals surface area contributed by atoms with E-state index < -0.39 is 15.4 Å². The van der Waals surface area contributed by atoms with Crippen molar-refractivity contribution in [1.29, 1.82) is 0 Å². The standard InChI is InChI=1S/C23H48O4S.K/c1-3-5-6-7-13-16-20-23(28(25,26)27)21-17-14-11-9-8-10-12-15-19-22(24)18-4-2;/h22-24H,3-21H2,1-2H3,(H,25,26,27);/q;+1/p-1. The predicted octanol–water partition coefficient (Wildman–Crippen LogP) is 3.72. The van der Waals surface area contributed by atoms with Crippen LogP contribution in [0.5, 0.6) is 0 Å². The molecule has 170 valence electrons. The maximum atomic E-state index is 11.5. The van der Waals surface area contributed by atoms with Crippen LogP contribution in [0, 0.1) is 0 Å². The number of hydrogen-bond acceptors (Lipinski definition) is 4. The minimum absolute atomic E-state index is 0. The molecule has 29 heavy (non-hydrogen) atoms. The van der Waals surface area contributed by atoms with Gasteiger partial charge in [-0.2, -0.15) is 0 Å². The number of aliphatic hydroxyl groups excluding tert-OH is 1. The van der Waals surface area contributed by atoms with Gasteiger partial charge in [-0.3, -0.25) is 0 Å². The van der Waals surface area contributed by atoms with Gasteiger partial charge in [0.2, 0.25) is 0 Å². The SMILES string of the molecule is CCCCCCCCC(CCCCCCCCCCC(O)CCC)S(=O)(=O)[O-].[K+]. The monoisotopic (exact) mass is 458 g/mol. The van der Waals surface area contributed by atoms with Crippen LogP contribution in [0.2, 0.25) is 0 Å². The Morgan fingerprint density at radius 2 is 1.00 bits per heavy atom. The molecular weight excluding hydrogens is 411 g/mol. The summed E-state index contributed by atoms with van der Waals surface area (Å²) in [5.74, 6) is 0. The van der Waals surface area contributed by atoms with Crippen LogP contribution in [0.15, 0.2) is 0 Å². The summed E-state index contributed by atoms with van der Waals surface area (Å²) in [5.41, 5.74) is 0. The van der Waals surface area contributed by atoms with Crippen molar-refractivity contribution in [1.82, 2.24) is 0 Å². The second kappa shape index (κ2) is 22.7. The molecule has 0 aliphatic heterocycles. The van der Waals surface area contributed by atoms with E-state index in [1.807, 2.05) is 0 Å². The molecule has 0 saturated heterocycles. The molecule has 0 radical (unpaired) electrons. The van der Waals surface area contributed by atoms with Crippen LogP contribution in [-0.4, -0.2) is 29.4 Å². The van der Waals surface area contributed by atoms with Crippen molar-refractivity contribution < 1.29 is 69.5 Å². The van der Waals surface area contributed by atoms with Crippen LogP contribution in [0.3, 0.4) is 0 Å². The Kier molecular flexibility index (Phi) is 25.6. The summed E-state index contributed by atoms with van der Waals surface area (Å²) >= 11 is 0. The molecule has 0 heterocycles. The second-order valence-electron chi connectivity index (χ2n) is 8.52. The van der Waals surface area contributed by atoms with Gasteiger partial charge >= 0.3 is 51.4 Å². The molecule has 6 heteroatoms. The first-order valence-corrected chi connectivity index (χ1v) is 13.5. The van der Waals surface area contributed by atoms with Crippen molar-refractivity contribution >= 4 is 10.1 Å². The fourth-order valence-corrected chi connectivity index (χ4v) is 4.79. The van der Waals surface area contributed by atoms with E-state index in [1.165, 1.54) is 44.9 Å². The van der Waals surface area contributed by atoms with Gasteiger partial charge in [-0.15, -0.1) is 0 Å². The van der Waals surface area contributed by atoms with Gasteiger partial charge in [-0.05, 0) is 25.7 Å². The average Bonchev–Trinajstić information content (AvgIpc) is 2.63. The zero-order valence-corrected chi connectivity index (χ0v) is 23.6. The second-order valence-corrected chi connectivity index (χ2v) is 10.2. The van der Waals surface area contributed by atoms with Crippen LogP contribution >= 0.6 is 0 Å². The molecule has 0 fully saturated rings. The fourth-order valence-electron chi connectivity index (χ4n) is 3.88. The molecule has 0 aromatic heterocycles.